The van der Waals surface area contributed by atoms with Gasteiger partial charge in [-0.15, -0.1) is 20.4 Å². The van der Waals surface area contributed by atoms with Crippen molar-refractivity contribution in [2.24, 2.45) is 37.8 Å². The minimum absolute atomic E-state index is 0.201. The van der Waals surface area contributed by atoms with Crippen molar-refractivity contribution in [3.05, 3.63) is 153 Å². The average Bonchev–Trinajstić information content (AvgIpc) is 1.53. The van der Waals surface area contributed by atoms with Crippen LogP contribution in [0.25, 0.3) is 0 Å². The van der Waals surface area contributed by atoms with Gasteiger partial charge in [-0.2, -0.15) is 79.0 Å². The summed E-state index contributed by atoms with van der Waals surface area (Å²) in [6.45, 7) is -3.92. The van der Waals surface area contributed by atoms with E-state index in [9.17, 15) is 88.6 Å². The van der Waals surface area contributed by atoms with E-state index in [2.05, 4.69) is 20.4 Å². The number of fused-ring (bicyclic) bond motifs is 2. The van der Waals surface area contributed by atoms with Crippen LogP contribution in [0.1, 0.15) is 89.7 Å². The first-order valence-corrected chi connectivity index (χ1v) is 28.7. The SMILES string of the molecule is Cn1cnnc1CC1(c2cccc(N3Cc4c(cc(CN5C[C@@H](C(F)(F)F)C[C@H](C(F)(F)F)C5)cc4C(F)(F)F)C3=O)c2)COC1.Cn1cnnc1CC1(c2cccc(N3Cc4c(cc(CN5C[C@H](C(F)(F)F)C[C@H](C(F)(F)F)C5)cc4C(F)(F)F)C3=O)c2)COC1. The highest BCUT2D eigenvalue weighted by Crippen LogP contribution is 2.48. The number of amides is 2. The molecule has 2 aromatic heterocycles. The molecule has 496 valence electrons. The van der Waals surface area contributed by atoms with Gasteiger partial charge >= 0.3 is 37.1 Å². The molecule has 6 aliphatic heterocycles. The Morgan fingerprint density at radius 2 is 0.815 bits per heavy atom. The Bertz CT molecular complexity index is 3450. The maximum Gasteiger partial charge on any atom is 0.416 e. The minimum Gasteiger partial charge on any atom is -0.379 e. The van der Waals surface area contributed by atoms with Crippen molar-refractivity contribution in [2.75, 3.05) is 62.4 Å². The molecule has 4 fully saturated rings. The Kier molecular flexibility index (Phi) is 17.2. The van der Waals surface area contributed by atoms with Crippen molar-refractivity contribution in [1.29, 1.82) is 0 Å². The molecular formula is C60H56F18N10O4. The number of nitrogens with zero attached hydrogens (tertiary/aromatic N) is 10. The molecule has 0 saturated carbocycles. The van der Waals surface area contributed by atoms with Crippen molar-refractivity contribution in [3.8, 4) is 0 Å². The van der Waals surface area contributed by atoms with E-state index in [0.29, 0.717) is 74.4 Å². The lowest BCUT2D eigenvalue weighted by atomic mass is 9.75. The number of piperidine rings is 2. The first kappa shape index (κ1) is 66.1. The van der Waals surface area contributed by atoms with Gasteiger partial charge in [-0.05, 0) is 94.8 Å². The first-order valence-electron chi connectivity index (χ1n) is 28.7. The van der Waals surface area contributed by atoms with E-state index < -0.39 is 160 Å². The first-order chi connectivity index (χ1) is 42.9. The van der Waals surface area contributed by atoms with E-state index in [-0.39, 0.29) is 33.4 Å². The third kappa shape index (κ3) is 13.4. The number of alkyl halides is 18. The second kappa shape index (κ2) is 23.9. The zero-order valence-corrected chi connectivity index (χ0v) is 48.6. The second-order valence-electron chi connectivity index (χ2n) is 24.6. The molecule has 8 heterocycles. The number of benzene rings is 4. The predicted molar refractivity (Wildman–Crippen MR) is 289 cm³/mol. The zero-order chi connectivity index (χ0) is 66.5. The van der Waals surface area contributed by atoms with Crippen molar-refractivity contribution in [2.45, 2.75) is 99.8 Å². The molecule has 4 saturated heterocycles. The van der Waals surface area contributed by atoms with E-state index in [1.165, 1.54) is 9.80 Å². The van der Waals surface area contributed by atoms with Gasteiger partial charge in [0.25, 0.3) is 11.8 Å². The summed E-state index contributed by atoms with van der Waals surface area (Å²) in [7, 11) is 3.58. The maximum absolute atomic E-state index is 14.3. The lowest BCUT2D eigenvalue weighted by Gasteiger charge is -2.42. The fraction of sp³-hybridized carbons (Fsp3) is 0.500. The summed E-state index contributed by atoms with van der Waals surface area (Å²) in [5, 5.41) is 16.1. The number of rotatable bonds is 12. The van der Waals surface area contributed by atoms with Crippen LogP contribution >= 0.6 is 0 Å². The Labute approximate surface area is 512 Å². The number of aryl methyl sites for hydroxylation is 2. The van der Waals surface area contributed by atoms with Crippen molar-refractivity contribution in [1.82, 2.24) is 39.3 Å². The Morgan fingerprint density at radius 1 is 0.478 bits per heavy atom. The third-order valence-corrected chi connectivity index (χ3v) is 18.2. The summed E-state index contributed by atoms with van der Waals surface area (Å²) in [5.41, 5.74) is -2.73. The molecule has 0 unspecified atom stereocenters. The van der Waals surface area contributed by atoms with Gasteiger partial charge in [0.2, 0.25) is 0 Å². The standard InChI is InChI=1S/2C30H28F9N5O2/c2*1-42-16-40-41-25(42)9-27(14-46-15-27)18-3-2-4-21(8-18)44-13-23-22(26(44)45)5-17(6-24(23)30(37,38)39)10-43-11-19(28(31,32)33)7-20(12-43)29(34,35)36/h2*2-6,8,16,19-20H,7,9-15H2,1H3/t19-,20+;19-,20-/m.0/s1. The molecular weight excluding hydrogens is 1270 g/mol. The highest BCUT2D eigenvalue weighted by Gasteiger charge is 2.54. The van der Waals surface area contributed by atoms with Crippen LogP contribution in [0.4, 0.5) is 90.4 Å². The Balaban J connectivity index is 0.000000188. The number of aromatic nitrogens is 6. The summed E-state index contributed by atoms with van der Waals surface area (Å²) in [5.74, 6) is -9.33. The molecule has 6 aliphatic rings. The molecule has 12 rings (SSSR count). The van der Waals surface area contributed by atoms with Crippen LogP contribution in [0.2, 0.25) is 0 Å². The molecule has 4 atom stereocenters. The van der Waals surface area contributed by atoms with Gasteiger partial charge in [0.15, 0.2) is 0 Å². The van der Waals surface area contributed by atoms with Gasteiger partial charge in [0.05, 0.1) is 74.3 Å². The van der Waals surface area contributed by atoms with E-state index in [1.54, 1.807) is 72.3 Å². The van der Waals surface area contributed by atoms with E-state index in [0.717, 1.165) is 33.1 Å². The molecule has 4 aromatic carbocycles. The van der Waals surface area contributed by atoms with Crippen molar-refractivity contribution in [3.63, 3.8) is 0 Å². The van der Waals surface area contributed by atoms with Crippen LogP contribution in [-0.4, -0.2) is 128 Å². The molecule has 0 radical (unpaired) electrons. The normalized spacial score (nSPS) is 22.2. The lowest BCUT2D eigenvalue weighted by molar-refractivity contribution is -0.232. The largest absolute Gasteiger partial charge is 0.416 e. The van der Waals surface area contributed by atoms with Crippen LogP contribution < -0.4 is 9.80 Å². The van der Waals surface area contributed by atoms with E-state index in [4.69, 9.17) is 9.47 Å². The number of ether oxygens (including phenoxy) is 2. The molecule has 92 heavy (non-hydrogen) atoms. The third-order valence-electron chi connectivity index (χ3n) is 18.2. The fourth-order valence-corrected chi connectivity index (χ4v) is 13.1. The monoisotopic (exact) mass is 1320 g/mol. The molecule has 0 N–H and O–H groups in total. The zero-order valence-electron chi connectivity index (χ0n) is 48.6. The van der Waals surface area contributed by atoms with E-state index >= 15 is 0 Å². The van der Waals surface area contributed by atoms with Gasteiger partial charge in [-0.1, -0.05) is 24.3 Å². The molecule has 0 bridgehead atoms. The summed E-state index contributed by atoms with van der Waals surface area (Å²) in [6.07, 6.45) is -27.8. The van der Waals surface area contributed by atoms with Crippen molar-refractivity contribution >= 4 is 23.2 Å². The quantitative estimate of drug-likeness (QED) is 0.109. The van der Waals surface area contributed by atoms with Crippen LogP contribution in [0.5, 0.6) is 0 Å². The van der Waals surface area contributed by atoms with Crippen molar-refractivity contribution < 1.29 is 98.1 Å². The number of anilines is 2. The van der Waals surface area contributed by atoms with Gasteiger partial charge in [-0.3, -0.25) is 19.4 Å². The van der Waals surface area contributed by atoms with Gasteiger partial charge in [0, 0.05) is 99.5 Å². The number of carbonyl (C=O) groups is 2. The Hall–Kier alpha value is -7.32. The minimum atomic E-state index is -4.94. The lowest BCUT2D eigenvalue weighted by Crippen LogP contribution is -2.49. The summed E-state index contributed by atoms with van der Waals surface area (Å²) >= 11 is 0. The number of carbonyl (C=O) groups excluding carboxylic acids is 2. The highest BCUT2D eigenvalue weighted by atomic mass is 19.4. The second-order valence-corrected chi connectivity index (χ2v) is 24.6. The summed E-state index contributed by atoms with van der Waals surface area (Å²) in [4.78, 5) is 31.4. The molecule has 0 aliphatic carbocycles. The van der Waals surface area contributed by atoms with Crippen LogP contribution in [0.15, 0.2) is 85.5 Å². The number of halogens is 18. The molecule has 14 nitrogen and oxygen atoms in total. The topological polar surface area (TPSA) is 127 Å². The summed E-state index contributed by atoms with van der Waals surface area (Å²) in [6, 6.07) is 17.3. The molecule has 0 spiro atoms. The molecule has 6 aromatic rings. The number of hydrogen-bond donors (Lipinski definition) is 0. The molecule has 2 amide bonds. The number of likely N-dealkylation sites (tertiary alicyclic amines) is 2. The van der Waals surface area contributed by atoms with E-state index in [1.807, 2.05) is 12.1 Å². The fourth-order valence-electron chi connectivity index (χ4n) is 13.1. The smallest absolute Gasteiger partial charge is 0.379 e. The van der Waals surface area contributed by atoms with Crippen LogP contribution in [-0.2, 0) is 85.8 Å². The highest BCUT2D eigenvalue weighted by molar-refractivity contribution is 6.11. The Morgan fingerprint density at radius 3 is 1.09 bits per heavy atom. The maximum atomic E-state index is 14.3. The van der Waals surface area contributed by atoms with Gasteiger partial charge in [0.1, 0.15) is 24.3 Å². The van der Waals surface area contributed by atoms with Gasteiger partial charge in [-0.25, -0.2) is 0 Å². The average molecular weight is 1320 g/mol. The molecule has 32 heteroatoms. The predicted octanol–water partition coefficient (Wildman–Crippen LogP) is 12.1. The van der Waals surface area contributed by atoms with Gasteiger partial charge < -0.3 is 28.4 Å². The number of hydrogen-bond acceptors (Lipinski definition) is 10. The summed E-state index contributed by atoms with van der Waals surface area (Å²) < 4.78 is 262. The van der Waals surface area contributed by atoms with Crippen LogP contribution in [0.3, 0.4) is 0 Å². The van der Waals surface area contributed by atoms with Crippen LogP contribution in [0, 0.1) is 23.7 Å².